The molecule has 12 heteroatoms. The minimum atomic E-state index is -4.71. The number of phosphoric ester groups is 1. The van der Waals surface area contributed by atoms with Crippen LogP contribution in [0.3, 0.4) is 0 Å². The molecular weight excluding hydrogens is 745 g/mol. The molecule has 0 aliphatic heterocycles. The molecule has 11 nitrogen and oxygen atoms in total. The number of hydrogen-bond donors (Lipinski definition) is 3. The lowest BCUT2D eigenvalue weighted by atomic mass is 10.0. The largest absolute Gasteiger partial charge is 0.480 e. The first-order chi connectivity index (χ1) is 27.6. The van der Waals surface area contributed by atoms with Crippen molar-refractivity contribution in [1.29, 1.82) is 0 Å². The summed E-state index contributed by atoms with van der Waals surface area (Å²) in [6, 6.07) is -1.52. The SMILES string of the molecule is CCCCCCCC/C=C\CCCCCCCC(=O)OC[C@H](COP(=O)(O)OC[C@H](N)C(=O)O)OC(=O)CCCCCCCCCCCCCCCCCCCC. The summed E-state index contributed by atoms with van der Waals surface area (Å²) in [5.74, 6) is -2.37. The van der Waals surface area contributed by atoms with Gasteiger partial charge in [0.25, 0.3) is 0 Å². The number of carbonyl (C=O) groups is 3. The first-order valence-corrected chi connectivity index (χ1v) is 24.7. The van der Waals surface area contributed by atoms with Gasteiger partial charge in [0.1, 0.15) is 12.6 Å². The Balaban J connectivity index is 4.29. The van der Waals surface area contributed by atoms with Crippen molar-refractivity contribution in [1.82, 2.24) is 0 Å². The molecule has 0 saturated heterocycles. The molecule has 4 N–H and O–H groups in total. The second-order valence-electron chi connectivity index (χ2n) is 15.9. The van der Waals surface area contributed by atoms with Gasteiger partial charge in [0.15, 0.2) is 6.10 Å². The summed E-state index contributed by atoms with van der Waals surface area (Å²) in [6.45, 7) is 2.82. The van der Waals surface area contributed by atoms with E-state index in [1.54, 1.807) is 0 Å². The van der Waals surface area contributed by atoms with Gasteiger partial charge < -0.3 is 25.2 Å². The Hall–Kier alpha value is -1.78. The maximum absolute atomic E-state index is 12.6. The van der Waals surface area contributed by atoms with E-state index in [0.717, 1.165) is 57.8 Å². The average Bonchev–Trinajstić information content (AvgIpc) is 3.19. The maximum Gasteiger partial charge on any atom is 0.472 e. The van der Waals surface area contributed by atoms with E-state index >= 15 is 0 Å². The molecule has 0 heterocycles. The van der Waals surface area contributed by atoms with E-state index in [-0.39, 0.29) is 19.4 Å². The van der Waals surface area contributed by atoms with Crippen LogP contribution in [0.4, 0.5) is 0 Å². The Kier molecular flexibility index (Phi) is 39.7. The minimum absolute atomic E-state index is 0.166. The summed E-state index contributed by atoms with van der Waals surface area (Å²) < 4.78 is 32.7. The maximum atomic E-state index is 12.6. The average molecular weight is 832 g/mol. The van der Waals surface area contributed by atoms with Crippen LogP contribution in [0.1, 0.15) is 226 Å². The summed E-state index contributed by atoms with van der Waals surface area (Å²) in [7, 11) is -4.71. The van der Waals surface area contributed by atoms with Gasteiger partial charge >= 0.3 is 25.7 Å². The van der Waals surface area contributed by atoms with Gasteiger partial charge in [-0.3, -0.25) is 23.4 Å². The molecule has 57 heavy (non-hydrogen) atoms. The van der Waals surface area contributed by atoms with Crippen molar-refractivity contribution in [3.05, 3.63) is 12.2 Å². The number of phosphoric acid groups is 1. The van der Waals surface area contributed by atoms with E-state index in [4.69, 9.17) is 24.8 Å². The van der Waals surface area contributed by atoms with Crippen LogP contribution in [0, 0.1) is 0 Å². The second-order valence-corrected chi connectivity index (χ2v) is 17.3. The molecule has 0 aliphatic carbocycles. The van der Waals surface area contributed by atoms with E-state index in [1.807, 2.05) is 0 Å². The van der Waals surface area contributed by atoms with Gasteiger partial charge in [0.05, 0.1) is 13.2 Å². The van der Waals surface area contributed by atoms with E-state index in [9.17, 15) is 23.8 Å². The number of nitrogens with two attached hydrogens (primary N) is 1. The van der Waals surface area contributed by atoms with Gasteiger partial charge in [-0.2, -0.15) is 0 Å². The molecule has 0 aromatic carbocycles. The predicted molar refractivity (Wildman–Crippen MR) is 231 cm³/mol. The van der Waals surface area contributed by atoms with Gasteiger partial charge in [-0.05, 0) is 38.5 Å². The van der Waals surface area contributed by atoms with Gasteiger partial charge in [0, 0.05) is 12.8 Å². The van der Waals surface area contributed by atoms with Crippen molar-refractivity contribution in [3.63, 3.8) is 0 Å². The molecule has 0 aromatic rings. The summed E-state index contributed by atoms with van der Waals surface area (Å²) in [5, 5.41) is 8.90. The Bertz CT molecular complexity index is 1030. The molecule has 0 saturated carbocycles. The van der Waals surface area contributed by atoms with Gasteiger partial charge in [-0.15, -0.1) is 0 Å². The van der Waals surface area contributed by atoms with Crippen LogP contribution in [0.2, 0.25) is 0 Å². The molecular formula is C45H86NO10P. The van der Waals surface area contributed by atoms with Crippen LogP contribution in [-0.2, 0) is 37.5 Å². The molecule has 0 amide bonds. The molecule has 0 spiro atoms. The third kappa shape index (κ3) is 40.8. The van der Waals surface area contributed by atoms with E-state index in [0.29, 0.717) is 12.8 Å². The topological polar surface area (TPSA) is 172 Å². The standard InChI is InChI=1S/C45H86NO10P/c1-3-5-7-9-11-13-15-17-19-20-21-23-25-27-29-31-33-35-37-44(48)56-41(39-54-57(51,52)55-40-42(46)45(49)50)38-53-43(47)36-34-32-30-28-26-24-22-18-16-14-12-10-8-6-4-2/h18,22,41-42H,3-17,19-21,23-40,46H2,1-2H3,(H,49,50)(H,51,52)/b22-18-/t41-,42+/m1/s1. The molecule has 0 aliphatic rings. The van der Waals surface area contributed by atoms with Crippen molar-refractivity contribution >= 4 is 25.7 Å². The third-order valence-electron chi connectivity index (χ3n) is 10.3. The number of rotatable bonds is 44. The monoisotopic (exact) mass is 832 g/mol. The number of carbonyl (C=O) groups excluding carboxylic acids is 2. The predicted octanol–water partition coefficient (Wildman–Crippen LogP) is 12.5. The smallest absolute Gasteiger partial charge is 0.472 e. The Morgan fingerprint density at radius 3 is 1.28 bits per heavy atom. The Labute approximate surface area is 348 Å². The highest BCUT2D eigenvalue weighted by Gasteiger charge is 2.28. The first-order valence-electron chi connectivity index (χ1n) is 23.2. The van der Waals surface area contributed by atoms with Crippen molar-refractivity contribution in [2.75, 3.05) is 19.8 Å². The van der Waals surface area contributed by atoms with Crippen LogP contribution in [0.25, 0.3) is 0 Å². The molecule has 0 aromatic heterocycles. The highest BCUT2D eigenvalue weighted by atomic mass is 31.2. The molecule has 0 rings (SSSR count). The molecule has 0 radical (unpaired) electrons. The van der Waals surface area contributed by atoms with E-state index in [1.165, 1.54) is 128 Å². The first kappa shape index (κ1) is 55.2. The van der Waals surface area contributed by atoms with Crippen LogP contribution in [0.5, 0.6) is 0 Å². The van der Waals surface area contributed by atoms with E-state index < -0.39 is 51.1 Å². The normalized spacial score (nSPS) is 13.8. The van der Waals surface area contributed by atoms with Crippen LogP contribution >= 0.6 is 7.82 Å². The van der Waals surface area contributed by atoms with Crippen molar-refractivity contribution in [3.8, 4) is 0 Å². The summed E-state index contributed by atoms with van der Waals surface area (Å²) >= 11 is 0. The number of carboxylic acids is 1. The van der Waals surface area contributed by atoms with E-state index in [2.05, 4.69) is 30.5 Å². The minimum Gasteiger partial charge on any atom is -0.480 e. The highest BCUT2D eigenvalue weighted by molar-refractivity contribution is 7.47. The molecule has 0 bridgehead atoms. The fraction of sp³-hybridized carbons (Fsp3) is 0.889. The number of hydrogen-bond acceptors (Lipinski definition) is 9. The lowest BCUT2D eigenvalue weighted by Crippen LogP contribution is -2.34. The molecule has 0 fully saturated rings. The lowest BCUT2D eigenvalue weighted by Gasteiger charge is -2.20. The second kappa shape index (κ2) is 41.0. The van der Waals surface area contributed by atoms with Crippen LogP contribution < -0.4 is 5.73 Å². The third-order valence-corrected chi connectivity index (χ3v) is 11.2. The number of esters is 2. The van der Waals surface area contributed by atoms with Crippen molar-refractivity contribution in [2.45, 2.75) is 238 Å². The number of aliphatic carboxylic acids is 1. The van der Waals surface area contributed by atoms with Crippen LogP contribution in [-0.4, -0.2) is 59.9 Å². The summed E-state index contributed by atoms with van der Waals surface area (Å²) in [4.78, 5) is 46.0. The lowest BCUT2D eigenvalue weighted by molar-refractivity contribution is -0.161. The van der Waals surface area contributed by atoms with Gasteiger partial charge in [-0.25, -0.2) is 4.57 Å². The zero-order valence-electron chi connectivity index (χ0n) is 36.5. The zero-order chi connectivity index (χ0) is 42.1. The number of unbranched alkanes of at least 4 members (excludes halogenated alkanes) is 28. The fourth-order valence-electron chi connectivity index (χ4n) is 6.59. The quantitative estimate of drug-likeness (QED) is 0.0231. The number of allylic oxidation sites excluding steroid dienone is 2. The zero-order valence-corrected chi connectivity index (χ0v) is 37.3. The van der Waals surface area contributed by atoms with Crippen molar-refractivity contribution in [2.24, 2.45) is 5.73 Å². The van der Waals surface area contributed by atoms with Gasteiger partial charge in [0.2, 0.25) is 0 Å². The van der Waals surface area contributed by atoms with Crippen LogP contribution in [0.15, 0.2) is 12.2 Å². The fourth-order valence-corrected chi connectivity index (χ4v) is 7.37. The number of carboxylic acid groups (broad SMARTS) is 1. The number of ether oxygens (including phenoxy) is 2. The molecule has 3 atom stereocenters. The molecule has 1 unspecified atom stereocenters. The summed E-state index contributed by atoms with van der Waals surface area (Å²) in [6.07, 6.45) is 41.3. The van der Waals surface area contributed by atoms with Gasteiger partial charge in [-0.1, -0.05) is 187 Å². The Morgan fingerprint density at radius 2 is 0.877 bits per heavy atom. The Morgan fingerprint density at radius 1 is 0.526 bits per heavy atom. The molecule has 336 valence electrons. The van der Waals surface area contributed by atoms with Crippen molar-refractivity contribution < 1.29 is 47.5 Å². The summed E-state index contributed by atoms with van der Waals surface area (Å²) in [5.41, 5.74) is 5.34. The highest BCUT2D eigenvalue weighted by Crippen LogP contribution is 2.43.